The molecule has 0 aliphatic heterocycles. The van der Waals surface area contributed by atoms with Crippen molar-refractivity contribution < 1.29 is 0 Å². The highest BCUT2D eigenvalue weighted by atomic mass is 35.5. The van der Waals surface area contributed by atoms with E-state index in [1.807, 2.05) is 29.7 Å². The maximum Gasteiger partial charge on any atom is 0.160 e. The van der Waals surface area contributed by atoms with Gasteiger partial charge >= 0.3 is 0 Å². The van der Waals surface area contributed by atoms with Crippen molar-refractivity contribution in [2.45, 2.75) is 13.5 Å². The third-order valence-electron chi connectivity index (χ3n) is 1.80. The quantitative estimate of drug-likeness (QED) is 0.811. The topological polar surface area (TPSA) is 56.2 Å². The summed E-state index contributed by atoms with van der Waals surface area (Å²) in [5, 5.41) is 7.91. The van der Waals surface area contributed by atoms with Crippen LogP contribution in [0.5, 0.6) is 0 Å². The van der Waals surface area contributed by atoms with Crippen LogP contribution in [0.15, 0.2) is 18.3 Å². The molecular weight excluding hydrogens is 223 g/mol. The highest BCUT2D eigenvalue weighted by molar-refractivity contribution is 5.85. The number of aromatic nitrogens is 3. The normalized spacial score (nSPS) is 9.29. The van der Waals surface area contributed by atoms with Crippen LogP contribution in [0.2, 0.25) is 0 Å². The lowest BCUT2D eigenvalue weighted by Crippen LogP contribution is -2.02. The Morgan fingerprint density at radius 3 is 2.64 bits per heavy atom. The van der Waals surface area contributed by atoms with Crippen LogP contribution in [0, 0.1) is 6.92 Å². The van der Waals surface area contributed by atoms with Gasteiger partial charge in [0.25, 0.3) is 0 Å². The van der Waals surface area contributed by atoms with E-state index in [1.165, 1.54) is 5.56 Å². The Labute approximate surface area is 94.3 Å². The summed E-state index contributed by atoms with van der Waals surface area (Å²) in [7, 11) is 0. The van der Waals surface area contributed by atoms with Crippen LogP contribution in [0.4, 0.5) is 0 Å². The number of hydrogen-bond acceptors (Lipinski definition) is 3. The molecule has 0 saturated heterocycles. The number of nitrogens with two attached hydrogens (primary N) is 1. The van der Waals surface area contributed by atoms with Crippen LogP contribution >= 0.6 is 24.8 Å². The third-order valence-corrected chi connectivity index (χ3v) is 1.80. The summed E-state index contributed by atoms with van der Waals surface area (Å²) < 4.78 is 1.91. The zero-order valence-corrected chi connectivity index (χ0v) is 9.31. The highest BCUT2D eigenvalue weighted by Crippen LogP contribution is 2.04. The number of aryl methyl sites for hydroxylation is 1. The number of hydrogen-bond donors (Lipinski definition) is 1. The summed E-state index contributed by atoms with van der Waals surface area (Å²) in [5.41, 5.74) is 7.51. The molecule has 0 radical (unpaired) electrons. The Bertz CT molecular complexity index is 413. The maximum atomic E-state index is 5.49. The number of nitrogens with zero attached hydrogens (tertiary/aromatic N) is 3. The van der Waals surface area contributed by atoms with Gasteiger partial charge in [-0.1, -0.05) is 6.07 Å². The molecule has 0 amide bonds. The van der Waals surface area contributed by atoms with E-state index in [0.717, 1.165) is 11.5 Å². The molecule has 0 spiro atoms. The van der Waals surface area contributed by atoms with Crippen molar-refractivity contribution in [3.8, 4) is 0 Å². The fraction of sp³-hybridized carbons (Fsp3) is 0.250. The lowest BCUT2D eigenvalue weighted by molar-refractivity contribution is 0.880. The molecule has 0 aliphatic rings. The van der Waals surface area contributed by atoms with E-state index in [-0.39, 0.29) is 24.8 Å². The van der Waals surface area contributed by atoms with Crippen LogP contribution in [-0.2, 0) is 6.54 Å². The van der Waals surface area contributed by atoms with E-state index in [4.69, 9.17) is 5.73 Å². The number of rotatable bonds is 1. The predicted octanol–water partition coefficient (Wildman–Crippen LogP) is 1.34. The van der Waals surface area contributed by atoms with Crippen LogP contribution < -0.4 is 5.73 Å². The molecule has 78 valence electrons. The molecule has 0 unspecified atom stereocenters. The van der Waals surface area contributed by atoms with E-state index in [9.17, 15) is 0 Å². The van der Waals surface area contributed by atoms with Crippen molar-refractivity contribution in [3.63, 3.8) is 0 Å². The lowest BCUT2D eigenvalue weighted by Gasteiger charge is -1.96. The van der Waals surface area contributed by atoms with Gasteiger partial charge in [-0.3, -0.25) is 4.40 Å². The summed E-state index contributed by atoms with van der Waals surface area (Å²) in [6.45, 7) is 2.45. The smallest absolute Gasteiger partial charge is 0.160 e. The fourth-order valence-electron chi connectivity index (χ4n) is 1.18. The molecule has 2 heterocycles. The maximum absolute atomic E-state index is 5.49. The number of halogens is 2. The SMILES string of the molecule is Cc1ccc2nnc(CN)n2c1.Cl.Cl. The van der Waals surface area contributed by atoms with Crippen LogP contribution in [0.1, 0.15) is 11.4 Å². The van der Waals surface area contributed by atoms with Crippen molar-refractivity contribution >= 4 is 30.5 Å². The molecule has 0 aromatic carbocycles. The minimum absolute atomic E-state index is 0. The van der Waals surface area contributed by atoms with Crippen molar-refractivity contribution in [1.29, 1.82) is 0 Å². The largest absolute Gasteiger partial charge is 0.324 e. The first-order valence-electron chi connectivity index (χ1n) is 3.81. The second kappa shape index (κ2) is 5.14. The Balaban J connectivity index is 0.000000845. The Hall–Kier alpha value is -0.840. The van der Waals surface area contributed by atoms with Crippen LogP contribution in [-0.4, -0.2) is 14.6 Å². The van der Waals surface area contributed by atoms with E-state index in [2.05, 4.69) is 10.2 Å². The monoisotopic (exact) mass is 234 g/mol. The molecular formula is C8H12Cl2N4. The first-order valence-corrected chi connectivity index (χ1v) is 3.81. The van der Waals surface area contributed by atoms with Gasteiger partial charge < -0.3 is 5.73 Å². The van der Waals surface area contributed by atoms with E-state index in [0.29, 0.717) is 6.54 Å². The molecule has 2 N–H and O–H groups in total. The lowest BCUT2D eigenvalue weighted by atomic mass is 10.3. The Kier molecular flexibility index (Phi) is 4.83. The van der Waals surface area contributed by atoms with Gasteiger partial charge in [-0.2, -0.15) is 0 Å². The average Bonchev–Trinajstić information content (AvgIpc) is 2.46. The highest BCUT2D eigenvalue weighted by Gasteiger charge is 2.01. The summed E-state index contributed by atoms with van der Waals surface area (Å²) in [6, 6.07) is 3.94. The minimum atomic E-state index is 0. The zero-order valence-electron chi connectivity index (χ0n) is 7.67. The molecule has 0 atom stereocenters. The first-order chi connectivity index (χ1) is 5.81. The molecule has 6 heteroatoms. The van der Waals surface area contributed by atoms with Gasteiger partial charge in [0.05, 0.1) is 6.54 Å². The Morgan fingerprint density at radius 1 is 1.29 bits per heavy atom. The second-order valence-electron chi connectivity index (χ2n) is 2.76. The van der Waals surface area contributed by atoms with Crippen molar-refractivity contribution in [2.75, 3.05) is 0 Å². The average molecular weight is 235 g/mol. The minimum Gasteiger partial charge on any atom is -0.324 e. The van der Waals surface area contributed by atoms with Gasteiger partial charge in [-0.05, 0) is 18.6 Å². The first kappa shape index (κ1) is 13.2. The molecule has 4 nitrogen and oxygen atoms in total. The summed E-state index contributed by atoms with van der Waals surface area (Å²) in [6.07, 6.45) is 1.98. The molecule has 2 rings (SSSR count). The molecule has 0 saturated carbocycles. The third kappa shape index (κ3) is 2.15. The predicted molar refractivity (Wildman–Crippen MR) is 60.1 cm³/mol. The molecule has 0 fully saturated rings. The van der Waals surface area contributed by atoms with Gasteiger partial charge in [0, 0.05) is 6.20 Å². The van der Waals surface area contributed by atoms with Crippen LogP contribution in [0.3, 0.4) is 0 Å². The van der Waals surface area contributed by atoms with Gasteiger partial charge in [-0.25, -0.2) is 0 Å². The molecule has 2 aromatic rings. The van der Waals surface area contributed by atoms with Gasteiger partial charge in [0.2, 0.25) is 0 Å². The molecule has 2 aromatic heterocycles. The molecule has 0 aliphatic carbocycles. The number of pyridine rings is 1. The van der Waals surface area contributed by atoms with E-state index < -0.39 is 0 Å². The summed E-state index contributed by atoms with van der Waals surface area (Å²) in [4.78, 5) is 0. The fourth-order valence-corrected chi connectivity index (χ4v) is 1.18. The zero-order chi connectivity index (χ0) is 8.55. The van der Waals surface area contributed by atoms with Crippen molar-refractivity contribution in [1.82, 2.24) is 14.6 Å². The Morgan fingerprint density at radius 2 is 2.00 bits per heavy atom. The van der Waals surface area contributed by atoms with E-state index >= 15 is 0 Å². The van der Waals surface area contributed by atoms with Crippen molar-refractivity contribution in [3.05, 3.63) is 29.7 Å². The van der Waals surface area contributed by atoms with Gasteiger partial charge in [0.15, 0.2) is 11.5 Å². The summed E-state index contributed by atoms with van der Waals surface area (Å²) in [5.74, 6) is 0.800. The van der Waals surface area contributed by atoms with Gasteiger partial charge in [-0.15, -0.1) is 35.0 Å². The number of fused-ring (bicyclic) bond motifs is 1. The standard InChI is InChI=1S/C8H10N4.2ClH/c1-6-2-3-7-10-11-8(4-9)12(7)5-6;;/h2-3,5H,4,9H2,1H3;2*1H. The van der Waals surface area contributed by atoms with Gasteiger partial charge in [0.1, 0.15) is 0 Å². The summed E-state index contributed by atoms with van der Waals surface area (Å²) >= 11 is 0. The molecule has 0 bridgehead atoms. The second-order valence-corrected chi connectivity index (χ2v) is 2.76. The molecule has 14 heavy (non-hydrogen) atoms. The van der Waals surface area contributed by atoms with Crippen molar-refractivity contribution in [2.24, 2.45) is 5.73 Å². The van der Waals surface area contributed by atoms with Crippen LogP contribution in [0.25, 0.3) is 5.65 Å². The van der Waals surface area contributed by atoms with E-state index in [1.54, 1.807) is 0 Å².